The molecule has 0 radical (unpaired) electrons. The van der Waals surface area contributed by atoms with Crippen molar-refractivity contribution in [2.75, 3.05) is 5.32 Å². The van der Waals surface area contributed by atoms with E-state index in [-0.39, 0.29) is 15.7 Å². The van der Waals surface area contributed by atoms with Crippen molar-refractivity contribution in [3.05, 3.63) is 40.7 Å². The summed E-state index contributed by atoms with van der Waals surface area (Å²) in [5.74, 6) is -2.27. The normalized spacial score (nSPS) is 12.6. The van der Waals surface area contributed by atoms with Gasteiger partial charge < -0.3 is 5.32 Å². The topological polar surface area (TPSA) is 72.2 Å². The number of carbonyl (C=O) groups is 1. The Labute approximate surface area is 138 Å². The molecule has 3 aromatic rings. The number of rotatable bonds is 2. The van der Waals surface area contributed by atoms with Crippen LogP contribution in [-0.2, 0) is 12.4 Å². The summed E-state index contributed by atoms with van der Waals surface area (Å²) in [5, 5.41) is 11.6. The molecule has 1 aromatic carbocycles. The van der Waals surface area contributed by atoms with Crippen molar-refractivity contribution in [1.29, 1.82) is 0 Å². The lowest BCUT2D eigenvalue weighted by molar-refractivity contribution is -0.146. The number of alkyl halides is 6. The van der Waals surface area contributed by atoms with Gasteiger partial charge in [0, 0.05) is 5.69 Å². The van der Waals surface area contributed by atoms with E-state index in [1.165, 1.54) is 0 Å². The monoisotopic (exact) mass is 381 g/mol. The number of nitrogens with zero attached hydrogens (tertiary/aromatic N) is 4. The molecule has 1 amide bonds. The molecule has 0 fully saturated rings. The van der Waals surface area contributed by atoms with Crippen molar-refractivity contribution in [3.63, 3.8) is 0 Å². The van der Waals surface area contributed by atoms with Gasteiger partial charge >= 0.3 is 12.4 Å². The van der Waals surface area contributed by atoms with Gasteiger partial charge in [0.15, 0.2) is 0 Å². The molecule has 0 bridgehead atoms. The fraction of sp³-hybridized carbons (Fsp3) is 0.167. The molecule has 0 saturated carbocycles. The quantitative estimate of drug-likeness (QED) is 0.690. The van der Waals surface area contributed by atoms with E-state index in [9.17, 15) is 31.1 Å². The highest BCUT2D eigenvalue weighted by atomic mass is 32.1. The van der Waals surface area contributed by atoms with Crippen LogP contribution in [0.2, 0.25) is 0 Å². The minimum atomic E-state index is -4.80. The molecule has 3 rings (SSSR count). The molecule has 0 aliphatic heterocycles. The lowest BCUT2D eigenvalue weighted by Gasteiger charge is -2.07. The van der Waals surface area contributed by atoms with Gasteiger partial charge in [-0.15, -0.1) is 15.3 Å². The van der Waals surface area contributed by atoms with Gasteiger partial charge in [0.2, 0.25) is 9.97 Å². The molecule has 2 heterocycles. The maximum atomic E-state index is 12.7. The van der Waals surface area contributed by atoms with Gasteiger partial charge in [-0.3, -0.25) is 4.79 Å². The van der Waals surface area contributed by atoms with E-state index in [2.05, 4.69) is 20.6 Å². The van der Waals surface area contributed by atoms with Gasteiger partial charge in [-0.1, -0.05) is 11.3 Å². The Hall–Kier alpha value is -2.70. The number of fused-ring (bicyclic) bond motifs is 1. The van der Waals surface area contributed by atoms with Crippen LogP contribution in [0.15, 0.2) is 24.3 Å². The van der Waals surface area contributed by atoms with Crippen molar-refractivity contribution in [1.82, 2.24) is 19.8 Å². The number of amides is 1. The molecule has 2 aromatic heterocycles. The van der Waals surface area contributed by atoms with E-state index in [0.29, 0.717) is 15.9 Å². The fourth-order valence-electron chi connectivity index (χ4n) is 1.81. The average Bonchev–Trinajstić information content (AvgIpc) is 3.05. The molecule has 0 aliphatic carbocycles. The maximum Gasteiger partial charge on any atom is 0.453 e. The second-order valence-corrected chi connectivity index (χ2v) is 5.61. The minimum Gasteiger partial charge on any atom is -0.320 e. The average molecular weight is 381 g/mol. The van der Waals surface area contributed by atoms with E-state index in [0.717, 1.165) is 24.3 Å². The Bertz CT molecular complexity index is 926. The molecule has 0 atom stereocenters. The van der Waals surface area contributed by atoms with Crippen LogP contribution in [-0.4, -0.2) is 25.7 Å². The Morgan fingerprint density at radius 3 is 2.20 bits per heavy atom. The molecule has 25 heavy (non-hydrogen) atoms. The van der Waals surface area contributed by atoms with E-state index in [4.69, 9.17) is 0 Å². The summed E-state index contributed by atoms with van der Waals surface area (Å²) in [6.45, 7) is 0. The third-order valence-corrected chi connectivity index (χ3v) is 3.81. The van der Waals surface area contributed by atoms with Gasteiger partial charge in [0.25, 0.3) is 11.7 Å². The van der Waals surface area contributed by atoms with E-state index in [1.807, 2.05) is 0 Å². The van der Waals surface area contributed by atoms with Gasteiger partial charge in [0.05, 0.1) is 5.56 Å². The van der Waals surface area contributed by atoms with Crippen molar-refractivity contribution < 1.29 is 31.1 Å². The van der Waals surface area contributed by atoms with Crippen molar-refractivity contribution >= 4 is 27.9 Å². The highest BCUT2D eigenvalue weighted by molar-refractivity contribution is 7.18. The number of aromatic nitrogens is 4. The summed E-state index contributed by atoms with van der Waals surface area (Å²) in [6.07, 6.45) is -9.32. The first kappa shape index (κ1) is 17.1. The minimum absolute atomic E-state index is 0.0278. The standard InChI is InChI=1S/C12H5F6N5OS/c13-11(14,15)5-1-3-6(4-2-5)19-7(24)8-22-23-9(12(16,17)18)20-21-10(23)25-8/h1-4H,(H,19,24). The lowest BCUT2D eigenvalue weighted by Crippen LogP contribution is -2.15. The van der Waals surface area contributed by atoms with E-state index in [1.54, 1.807) is 0 Å². The molecule has 13 heteroatoms. The largest absolute Gasteiger partial charge is 0.453 e. The highest BCUT2D eigenvalue weighted by Gasteiger charge is 2.38. The molecular weight excluding hydrogens is 376 g/mol. The molecule has 0 unspecified atom stereocenters. The van der Waals surface area contributed by atoms with Crippen LogP contribution in [0.3, 0.4) is 0 Å². The SMILES string of the molecule is O=C(Nc1ccc(C(F)(F)F)cc1)c1nn2c(C(F)(F)F)nnc2s1. The van der Waals surface area contributed by atoms with Crippen LogP contribution in [0, 0.1) is 0 Å². The molecule has 0 spiro atoms. The number of carbonyl (C=O) groups excluding carboxylic acids is 1. The van der Waals surface area contributed by atoms with E-state index >= 15 is 0 Å². The first-order valence-electron chi connectivity index (χ1n) is 6.34. The fourth-order valence-corrected chi connectivity index (χ4v) is 2.55. The number of benzene rings is 1. The molecule has 1 N–H and O–H groups in total. The predicted octanol–water partition coefficient (Wildman–Crippen LogP) is 3.48. The Kier molecular flexibility index (Phi) is 3.89. The first-order valence-corrected chi connectivity index (χ1v) is 7.15. The van der Waals surface area contributed by atoms with Crippen molar-refractivity contribution in [2.45, 2.75) is 12.4 Å². The molecular formula is C12H5F6N5OS. The third-order valence-electron chi connectivity index (χ3n) is 2.91. The Morgan fingerprint density at radius 1 is 1.00 bits per heavy atom. The van der Waals surface area contributed by atoms with Crippen LogP contribution in [0.5, 0.6) is 0 Å². The zero-order valence-corrected chi connectivity index (χ0v) is 12.5. The number of hydrogen-bond donors (Lipinski definition) is 1. The smallest absolute Gasteiger partial charge is 0.320 e. The van der Waals surface area contributed by atoms with Crippen LogP contribution in [0.25, 0.3) is 4.96 Å². The Morgan fingerprint density at radius 2 is 1.64 bits per heavy atom. The van der Waals surface area contributed by atoms with Gasteiger partial charge in [0.1, 0.15) is 0 Å². The lowest BCUT2D eigenvalue weighted by atomic mass is 10.2. The van der Waals surface area contributed by atoms with Crippen LogP contribution in [0.1, 0.15) is 21.2 Å². The maximum absolute atomic E-state index is 12.7. The Balaban J connectivity index is 1.82. The third kappa shape index (κ3) is 3.40. The highest BCUT2D eigenvalue weighted by Crippen LogP contribution is 2.31. The summed E-state index contributed by atoms with van der Waals surface area (Å²) in [6, 6.07) is 3.55. The summed E-state index contributed by atoms with van der Waals surface area (Å²) in [4.78, 5) is 11.8. The molecule has 0 saturated heterocycles. The van der Waals surface area contributed by atoms with Gasteiger partial charge in [-0.2, -0.15) is 30.9 Å². The van der Waals surface area contributed by atoms with Crippen LogP contribution < -0.4 is 5.32 Å². The molecule has 6 nitrogen and oxygen atoms in total. The number of hydrogen-bond acceptors (Lipinski definition) is 5. The second-order valence-electron chi connectivity index (χ2n) is 4.65. The molecule has 0 aliphatic rings. The zero-order chi connectivity index (χ0) is 18.4. The summed E-state index contributed by atoms with van der Waals surface area (Å²) >= 11 is 0.555. The van der Waals surface area contributed by atoms with Crippen molar-refractivity contribution in [3.8, 4) is 0 Å². The van der Waals surface area contributed by atoms with Gasteiger partial charge in [-0.25, -0.2) is 0 Å². The summed E-state index contributed by atoms with van der Waals surface area (Å²) in [5.41, 5.74) is -0.876. The first-order chi connectivity index (χ1) is 11.6. The molecule has 132 valence electrons. The number of anilines is 1. The second kappa shape index (κ2) is 5.68. The predicted molar refractivity (Wildman–Crippen MR) is 73.1 cm³/mol. The number of nitrogens with one attached hydrogen (secondary N) is 1. The zero-order valence-electron chi connectivity index (χ0n) is 11.7. The number of halogens is 6. The van der Waals surface area contributed by atoms with Crippen molar-refractivity contribution in [2.24, 2.45) is 0 Å². The van der Waals surface area contributed by atoms with E-state index < -0.39 is 29.6 Å². The van der Waals surface area contributed by atoms with Gasteiger partial charge in [-0.05, 0) is 24.3 Å². The van der Waals surface area contributed by atoms with Crippen LogP contribution in [0.4, 0.5) is 32.0 Å². The summed E-state index contributed by atoms with van der Waals surface area (Å²) < 4.78 is 75.8. The van der Waals surface area contributed by atoms with Crippen LogP contribution >= 0.6 is 11.3 Å². The summed E-state index contributed by atoms with van der Waals surface area (Å²) in [7, 11) is 0.